The maximum absolute atomic E-state index is 13.2. The fourth-order valence-corrected chi connectivity index (χ4v) is 4.83. The van der Waals surface area contributed by atoms with Crippen LogP contribution in [-0.2, 0) is 11.3 Å². The highest BCUT2D eigenvalue weighted by molar-refractivity contribution is 7.99. The number of amides is 4. The number of rotatable bonds is 6. The summed E-state index contributed by atoms with van der Waals surface area (Å²) in [5.74, 6) is -0.00922. The first kappa shape index (κ1) is 21.3. The Hall–Kier alpha value is -2.91. The van der Waals surface area contributed by atoms with E-state index in [4.69, 9.17) is 0 Å². The Morgan fingerprint density at radius 2 is 1.81 bits per heavy atom. The number of carbonyl (C=O) groups excluding carboxylic acids is 3. The van der Waals surface area contributed by atoms with Gasteiger partial charge >= 0.3 is 6.03 Å². The third-order valence-corrected chi connectivity index (χ3v) is 6.96. The molecule has 8 nitrogen and oxygen atoms in total. The molecule has 0 saturated carbocycles. The minimum Gasteiger partial charge on any atom is -0.336 e. The fraction of sp³-hybridized carbons (Fsp3) is 0.364. The Morgan fingerprint density at radius 3 is 2.48 bits per heavy atom. The molecule has 0 unspecified atom stereocenters. The lowest BCUT2D eigenvalue weighted by Crippen LogP contribution is -2.48. The molecule has 2 N–H and O–H groups in total. The summed E-state index contributed by atoms with van der Waals surface area (Å²) >= 11 is 1.40. The second-order valence-corrected chi connectivity index (χ2v) is 8.97. The molecule has 0 radical (unpaired) electrons. The zero-order valence-corrected chi connectivity index (χ0v) is 18.2. The number of imide groups is 1. The van der Waals surface area contributed by atoms with Gasteiger partial charge in [-0.05, 0) is 36.8 Å². The third kappa shape index (κ3) is 4.88. The average Bonchev–Trinajstić information content (AvgIpc) is 3.04. The fourth-order valence-electron chi connectivity index (χ4n) is 3.70. The monoisotopic (exact) mass is 439 g/mol. The zero-order chi connectivity index (χ0) is 21.8. The number of hydrogen-bond donors (Lipinski definition) is 2. The number of urea groups is 1. The van der Waals surface area contributed by atoms with E-state index >= 15 is 0 Å². The number of nitrogens with one attached hydrogen (secondary N) is 2. The maximum atomic E-state index is 13.2. The second kappa shape index (κ2) is 9.07. The summed E-state index contributed by atoms with van der Waals surface area (Å²) in [5.41, 5.74) is 0.854. The van der Waals surface area contributed by atoms with Gasteiger partial charge in [-0.15, -0.1) is 11.8 Å². The van der Waals surface area contributed by atoms with Crippen molar-refractivity contribution < 1.29 is 14.4 Å². The lowest BCUT2D eigenvalue weighted by atomic mass is 10.1. The van der Waals surface area contributed by atoms with Crippen LogP contribution in [0.5, 0.6) is 0 Å². The van der Waals surface area contributed by atoms with E-state index < -0.39 is 11.6 Å². The molecular formula is C22H25N5O3S. The molecule has 4 rings (SSSR count). The van der Waals surface area contributed by atoms with Crippen LogP contribution in [0, 0.1) is 0 Å². The van der Waals surface area contributed by atoms with Crippen molar-refractivity contribution in [1.29, 1.82) is 0 Å². The van der Waals surface area contributed by atoms with E-state index in [9.17, 15) is 14.4 Å². The first-order valence-corrected chi connectivity index (χ1v) is 11.2. The summed E-state index contributed by atoms with van der Waals surface area (Å²) in [4.78, 5) is 45.8. The third-order valence-electron chi connectivity index (χ3n) is 5.57. The number of nitrogens with zero attached hydrogens (tertiary/aromatic N) is 3. The van der Waals surface area contributed by atoms with Crippen molar-refractivity contribution in [2.75, 3.05) is 31.9 Å². The predicted molar refractivity (Wildman–Crippen MR) is 118 cm³/mol. The van der Waals surface area contributed by atoms with E-state index in [1.807, 2.05) is 41.3 Å². The van der Waals surface area contributed by atoms with E-state index in [-0.39, 0.29) is 11.8 Å². The molecule has 1 aromatic heterocycles. The van der Waals surface area contributed by atoms with E-state index in [2.05, 4.69) is 20.5 Å². The summed E-state index contributed by atoms with van der Waals surface area (Å²) < 4.78 is 0. The number of carbonyl (C=O) groups is 3. The van der Waals surface area contributed by atoms with Crippen molar-refractivity contribution in [1.82, 2.24) is 25.4 Å². The van der Waals surface area contributed by atoms with Crippen molar-refractivity contribution in [3.05, 3.63) is 59.9 Å². The van der Waals surface area contributed by atoms with Crippen molar-refractivity contribution in [2.24, 2.45) is 0 Å². The Balaban J connectivity index is 1.37. The number of thioether (sulfide) groups is 1. The van der Waals surface area contributed by atoms with Gasteiger partial charge < -0.3 is 10.2 Å². The molecule has 4 amide bonds. The highest BCUT2D eigenvalue weighted by atomic mass is 32.2. The first-order valence-electron chi connectivity index (χ1n) is 10.2. The second-order valence-electron chi connectivity index (χ2n) is 7.95. The number of piperazine rings is 1. The van der Waals surface area contributed by atoms with Gasteiger partial charge in [0.2, 0.25) is 0 Å². The van der Waals surface area contributed by atoms with Gasteiger partial charge in [-0.2, -0.15) is 0 Å². The lowest BCUT2D eigenvalue weighted by Gasteiger charge is -2.35. The summed E-state index contributed by atoms with van der Waals surface area (Å²) in [6.45, 7) is 5.50. The molecule has 2 aromatic rings. The Morgan fingerprint density at radius 1 is 1.10 bits per heavy atom. The SMILES string of the molecule is C[C@]1(CSc2ccccc2C(=O)N2CCN(Cc3ccncc3)CC2)NC(=O)NC1=O. The molecule has 2 fully saturated rings. The van der Waals surface area contributed by atoms with Crippen LogP contribution >= 0.6 is 11.8 Å². The van der Waals surface area contributed by atoms with Crippen LogP contribution in [0.1, 0.15) is 22.8 Å². The molecule has 1 aromatic carbocycles. The molecule has 31 heavy (non-hydrogen) atoms. The molecule has 1 atom stereocenters. The number of hydrogen-bond acceptors (Lipinski definition) is 6. The lowest BCUT2D eigenvalue weighted by molar-refractivity contribution is -0.122. The molecular weight excluding hydrogens is 414 g/mol. The Labute approximate surface area is 185 Å². The van der Waals surface area contributed by atoms with E-state index in [1.54, 1.807) is 19.3 Å². The van der Waals surface area contributed by atoms with Crippen molar-refractivity contribution in [2.45, 2.75) is 23.9 Å². The van der Waals surface area contributed by atoms with Gasteiger partial charge in [0.15, 0.2) is 0 Å². The van der Waals surface area contributed by atoms with Gasteiger partial charge in [0.25, 0.3) is 11.8 Å². The van der Waals surface area contributed by atoms with Gasteiger partial charge in [-0.3, -0.25) is 24.8 Å². The summed E-state index contributed by atoms with van der Waals surface area (Å²) in [7, 11) is 0. The van der Waals surface area contributed by atoms with Crippen molar-refractivity contribution in [3.63, 3.8) is 0 Å². The first-order chi connectivity index (χ1) is 14.9. The summed E-state index contributed by atoms with van der Waals surface area (Å²) in [6.07, 6.45) is 3.59. The van der Waals surface area contributed by atoms with Crippen LogP contribution in [0.25, 0.3) is 0 Å². The molecule has 0 spiro atoms. The van der Waals surface area contributed by atoms with E-state index in [0.717, 1.165) is 24.5 Å². The van der Waals surface area contributed by atoms with Crippen LogP contribution < -0.4 is 10.6 Å². The normalized spacial score (nSPS) is 21.6. The van der Waals surface area contributed by atoms with Gasteiger partial charge in [0.05, 0.1) is 5.56 Å². The molecule has 9 heteroatoms. The largest absolute Gasteiger partial charge is 0.336 e. The number of aromatic nitrogens is 1. The Kier molecular flexibility index (Phi) is 6.24. The zero-order valence-electron chi connectivity index (χ0n) is 17.3. The van der Waals surface area contributed by atoms with Crippen molar-refractivity contribution >= 4 is 29.6 Å². The summed E-state index contributed by atoms with van der Waals surface area (Å²) in [6, 6.07) is 11.0. The van der Waals surface area contributed by atoms with Crippen LogP contribution in [0.2, 0.25) is 0 Å². The molecule has 2 saturated heterocycles. The van der Waals surface area contributed by atoms with Crippen LogP contribution in [-0.4, -0.2) is 70.1 Å². The van der Waals surface area contributed by atoms with Gasteiger partial charge in [-0.25, -0.2) is 4.79 Å². The van der Waals surface area contributed by atoms with Gasteiger partial charge in [0.1, 0.15) is 5.54 Å². The minimum atomic E-state index is -0.990. The van der Waals surface area contributed by atoms with Crippen LogP contribution in [0.3, 0.4) is 0 Å². The molecule has 0 aliphatic carbocycles. The number of pyridine rings is 1. The topological polar surface area (TPSA) is 94.6 Å². The highest BCUT2D eigenvalue weighted by Crippen LogP contribution is 2.28. The minimum absolute atomic E-state index is 0.00303. The van der Waals surface area contributed by atoms with Crippen molar-refractivity contribution in [3.8, 4) is 0 Å². The molecule has 162 valence electrons. The standard InChI is InChI=1S/C22H25N5O3S/c1-22(20(29)24-21(30)25-22)15-31-18-5-3-2-4-17(18)19(28)27-12-10-26(11-13-27)14-16-6-8-23-9-7-16/h2-9H,10-15H2,1H3,(H2,24,25,29,30)/t22-/m1/s1. The van der Waals surface area contributed by atoms with Crippen LogP contribution in [0.15, 0.2) is 53.7 Å². The predicted octanol–water partition coefficient (Wildman–Crippen LogP) is 1.73. The van der Waals surface area contributed by atoms with Gasteiger partial charge in [0, 0.05) is 55.8 Å². The smallest absolute Gasteiger partial charge is 0.322 e. The van der Waals surface area contributed by atoms with E-state index in [0.29, 0.717) is 24.4 Å². The maximum Gasteiger partial charge on any atom is 0.322 e. The molecule has 0 bridgehead atoms. The van der Waals surface area contributed by atoms with Crippen LogP contribution in [0.4, 0.5) is 4.79 Å². The molecule has 2 aliphatic rings. The number of benzene rings is 1. The highest BCUT2D eigenvalue weighted by Gasteiger charge is 2.42. The molecule has 3 heterocycles. The quantitative estimate of drug-likeness (QED) is 0.526. The molecule has 2 aliphatic heterocycles. The van der Waals surface area contributed by atoms with Gasteiger partial charge in [-0.1, -0.05) is 12.1 Å². The average molecular weight is 440 g/mol. The van der Waals surface area contributed by atoms with E-state index in [1.165, 1.54) is 17.3 Å². The Bertz CT molecular complexity index is 978. The summed E-state index contributed by atoms with van der Waals surface area (Å²) in [5, 5.41) is 4.93.